The van der Waals surface area contributed by atoms with Gasteiger partial charge < -0.3 is 0 Å². The number of nitrogens with zero attached hydrogens (tertiary/aromatic N) is 2. The number of aromatic nitrogens is 1. The smallest absolute Gasteiger partial charge is 0.164 e. The van der Waals surface area contributed by atoms with Crippen molar-refractivity contribution in [2.75, 3.05) is 13.1 Å². The van der Waals surface area contributed by atoms with E-state index in [1.54, 1.807) is 12.4 Å². The summed E-state index contributed by atoms with van der Waals surface area (Å²) in [5.41, 5.74) is 3.63. The van der Waals surface area contributed by atoms with Crippen LogP contribution in [0.1, 0.15) is 34.3 Å². The first-order valence-corrected chi connectivity index (χ1v) is 7.55. The SMILES string of the molecule is O=C(CCCN1CCc2ccccc2C1)c1cccnc1. The van der Waals surface area contributed by atoms with E-state index in [1.165, 1.54) is 11.1 Å². The minimum absolute atomic E-state index is 0.195. The molecule has 0 N–H and O–H groups in total. The molecule has 2 heterocycles. The minimum Gasteiger partial charge on any atom is -0.299 e. The number of Topliss-reactive ketones (excluding diaryl/α,β-unsaturated/α-hetero) is 1. The molecule has 0 saturated carbocycles. The van der Waals surface area contributed by atoms with Crippen LogP contribution in [0.5, 0.6) is 0 Å². The van der Waals surface area contributed by atoms with Gasteiger partial charge in [0.1, 0.15) is 0 Å². The van der Waals surface area contributed by atoms with E-state index < -0.39 is 0 Å². The first kappa shape index (κ1) is 14.0. The second-order valence-electron chi connectivity index (χ2n) is 5.56. The van der Waals surface area contributed by atoms with E-state index in [1.807, 2.05) is 12.1 Å². The molecule has 21 heavy (non-hydrogen) atoms. The van der Waals surface area contributed by atoms with Gasteiger partial charge in [-0.05, 0) is 42.6 Å². The Hall–Kier alpha value is -2.00. The molecule has 0 spiro atoms. The van der Waals surface area contributed by atoms with Crippen molar-refractivity contribution in [3.63, 3.8) is 0 Å². The zero-order chi connectivity index (χ0) is 14.5. The third-order valence-electron chi connectivity index (χ3n) is 4.07. The molecule has 0 bridgehead atoms. The first-order valence-electron chi connectivity index (χ1n) is 7.55. The van der Waals surface area contributed by atoms with Crippen molar-refractivity contribution < 1.29 is 4.79 Å². The summed E-state index contributed by atoms with van der Waals surface area (Å²) in [7, 11) is 0. The Balaban J connectivity index is 1.48. The number of carbonyl (C=O) groups excluding carboxylic acids is 1. The second kappa shape index (κ2) is 6.64. The minimum atomic E-state index is 0.195. The lowest BCUT2D eigenvalue weighted by molar-refractivity contribution is 0.0973. The van der Waals surface area contributed by atoms with E-state index >= 15 is 0 Å². The number of hydrogen-bond acceptors (Lipinski definition) is 3. The molecule has 0 fully saturated rings. The maximum atomic E-state index is 12.0. The largest absolute Gasteiger partial charge is 0.299 e. The second-order valence-corrected chi connectivity index (χ2v) is 5.56. The molecule has 3 heteroatoms. The van der Waals surface area contributed by atoms with Gasteiger partial charge in [0.15, 0.2) is 5.78 Å². The zero-order valence-corrected chi connectivity index (χ0v) is 12.2. The van der Waals surface area contributed by atoms with Gasteiger partial charge in [0.05, 0.1) is 0 Å². The number of carbonyl (C=O) groups is 1. The van der Waals surface area contributed by atoms with Crippen LogP contribution in [0.4, 0.5) is 0 Å². The summed E-state index contributed by atoms with van der Waals surface area (Å²) in [5.74, 6) is 0.195. The monoisotopic (exact) mass is 280 g/mol. The average Bonchev–Trinajstić information content (AvgIpc) is 2.55. The quantitative estimate of drug-likeness (QED) is 0.789. The maximum absolute atomic E-state index is 12.0. The molecule has 1 aliphatic heterocycles. The fourth-order valence-electron chi connectivity index (χ4n) is 2.88. The lowest BCUT2D eigenvalue weighted by atomic mass is 9.99. The molecule has 0 saturated heterocycles. The molecule has 0 atom stereocenters. The van der Waals surface area contributed by atoms with Crippen molar-refractivity contribution in [1.82, 2.24) is 9.88 Å². The first-order chi connectivity index (χ1) is 10.3. The number of rotatable bonds is 5. The molecule has 1 aromatic heterocycles. The van der Waals surface area contributed by atoms with E-state index in [9.17, 15) is 4.79 Å². The highest BCUT2D eigenvalue weighted by atomic mass is 16.1. The predicted molar refractivity (Wildman–Crippen MR) is 83.2 cm³/mol. The Kier molecular flexibility index (Phi) is 4.41. The van der Waals surface area contributed by atoms with Crippen molar-refractivity contribution in [3.8, 4) is 0 Å². The normalized spacial score (nSPS) is 14.7. The number of fused-ring (bicyclic) bond motifs is 1. The van der Waals surface area contributed by atoms with Crippen molar-refractivity contribution in [2.24, 2.45) is 0 Å². The van der Waals surface area contributed by atoms with Crippen LogP contribution in [-0.4, -0.2) is 28.8 Å². The molecular weight excluding hydrogens is 260 g/mol. The molecule has 2 aromatic rings. The van der Waals surface area contributed by atoms with Crippen LogP contribution in [0.25, 0.3) is 0 Å². The van der Waals surface area contributed by atoms with Crippen molar-refractivity contribution >= 4 is 5.78 Å². The van der Waals surface area contributed by atoms with Crippen molar-refractivity contribution in [2.45, 2.75) is 25.8 Å². The highest BCUT2D eigenvalue weighted by molar-refractivity contribution is 5.95. The number of pyridine rings is 1. The van der Waals surface area contributed by atoms with Gasteiger partial charge in [-0.1, -0.05) is 24.3 Å². The zero-order valence-electron chi connectivity index (χ0n) is 12.2. The Bertz CT molecular complexity index is 610. The number of benzene rings is 1. The highest BCUT2D eigenvalue weighted by Gasteiger charge is 2.15. The molecule has 0 radical (unpaired) electrons. The molecule has 0 unspecified atom stereocenters. The fraction of sp³-hybridized carbons (Fsp3) is 0.333. The van der Waals surface area contributed by atoms with Gasteiger partial charge in [0, 0.05) is 37.5 Å². The topological polar surface area (TPSA) is 33.2 Å². The van der Waals surface area contributed by atoms with E-state index in [0.29, 0.717) is 6.42 Å². The lowest BCUT2D eigenvalue weighted by Gasteiger charge is -2.28. The van der Waals surface area contributed by atoms with E-state index in [2.05, 4.69) is 34.1 Å². The van der Waals surface area contributed by atoms with Crippen LogP contribution in [0.15, 0.2) is 48.8 Å². The van der Waals surface area contributed by atoms with Crippen LogP contribution in [0.2, 0.25) is 0 Å². The van der Waals surface area contributed by atoms with E-state index in [4.69, 9.17) is 0 Å². The summed E-state index contributed by atoms with van der Waals surface area (Å²) in [4.78, 5) is 18.5. The van der Waals surface area contributed by atoms with Gasteiger partial charge in [0.2, 0.25) is 0 Å². The van der Waals surface area contributed by atoms with Gasteiger partial charge in [-0.15, -0.1) is 0 Å². The van der Waals surface area contributed by atoms with Gasteiger partial charge in [-0.25, -0.2) is 0 Å². The molecular formula is C18H20N2O. The van der Waals surface area contributed by atoms with Gasteiger partial charge in [-0.2, -0.15) is 0 Å². The van der Waals surface area contributed by atoms with Crippen LogP contribution in [-0.2, 0) is 13.0 Å². The summed E-state index contributed by atoms with van der Waals surface area (Å²) in [6, 6.07) is 12.3. The van der Waals surface area contributed by atoms with Crippen molar-refractivity contribution in [3.05, 3.63) is 65.5 Å². The summed E-state index contributed by atoms with van der Waals surface area (Å²) < 4.78 is 0. The Morgan fingerprint density at radius 2 is 2.00 bits per heavy atom. The molecule has 0 amide bonds. The van der Waals surface area contributed by atoms with Crippen LogP contribution < -0.4 is 0 Å². The molecule has 108 valence electrons. The predicted octanol–water partition coefficient (Wildman–Crippen LogP) is 3.10. The number of ketones is 1. The van der Waals surface area contributed by atoms with Crippen LogP contribution in [0, 0.1) is 0 Å². The van der Waals surface area contributed by atoms with Gasteiger partial charge >= 0.3 is 0 Å². The molecule has 3 nitrogen and oxygen atoms in total. The lowest BCUT2D eigenvalue weighted by Crippen LogP contribution is -2.31. The van der Waals surface area contributed by atoms with Gasteiger partial charge in [-0.3, -0.25) is 14.7 Å². The van der Waals surface area contributed by atoms with E-state index in [-0.39, 0.29) is 5.78 Å². The fourth-order valence-corrected chi connectivity index (χ4v) is 2.88. The summed E-state index contributed by atoms with van der Waals surface area (Å²) in [6.45, 7) is 3.09. The summed E-state index contributed by atoms with van der Waals surface area (Å²) in [6.07, 6.45) is 5.98. The third-order valence-corrected chi connectivity index (χ3v) is 4.07. The highest BCUT2D eigenvalue weighted by Crippen LogP contribution is 2.18. The van der Waals surface area contributed by atoms with E-state index in [0.717, 1.165) is 38.0 Å². The maximum Gasteiger partial charge on any atom is 0.164 e. The summed E-state index contributed by atoms with van der Waals surface area (Å²) in [5, 5.41) is 0. The molecule has 1 aromatic carbocycles. The third kappa shape index (κ3) is 3.56. The molecule has 0 aliphatic carbocycles. The Morgan fingerprint density at radius 3 is 2.81 bits per heavy atom. The Labute approximate surface area is 125 Å². The Morgan fingerprint density at radius 1 is 1.14 bits per heavy atom. The van der Waals surface area contributed by atoms with Crippen molar-refractivity contribution in [1.29, 1.82) is 0 Å². The standard InChI is InChI=1S/C18H20N2O/c21-18(16-7-3-10-19-13-16)8-4-11-20-12-9-15-5-1-2-6-17(15)14-20/h1-3,5-7,10,13H,4,8-9,11-12,14H2. The summed E-state index contributed by atoms with van der Waals surface area (Å²) >= 11 is 0. The van der Waals surface area contributed by atoms with Gasteiger partial charge in [0.25, 0.3) is 0 Å². The number of hydrogen-bond donors (Lipinski definition) is 0. The average molecular weight is 280 g/mol. The molecule has 1 aliphatic rings. The van der Waals surface area contributed by atoms with Crippen LogP contribution in [0.3, 0.4) is 0 Å². The van der Waals surface area contributed by atoms with Crippen LogP contribution >= 0.6 is 0 Å². The molecule has 3 rings (SSSR count).